The second-order valence-electron chi connectivity index (χ2n) is 7.30. The van der Waals surface area contributed by atoms with Crippen molar-refractivity contribution in [1.82, 2.24) is 9.55 Å². The molecule has 2 heterocycles. The van der Waals surface area contributed by atoms with Crippen LogP contribution in [-0.4, -0.2) is 15.5 Å². The number of aryl methyl sites for hydroxylation is 1. The minimum Gasteiger partial charge on any atom is -0.453 e. The molecule has 0 unspecified atom stereocenters. The molecule has 10 heteroatoms. The van der Waals surface area contributed by atoms with E-state index in [1.54, 1.807) is 7.05 Å². The Kier molecular flexibility index (Phi) is 6.29. The molecule has 172 valence electrons. The summed E-state index contributed by atoms with van der Waals surface area (Å²) >= 11 is 6.01. The SMILES string of the molecule is Cn1cc(C(=O)Nc2ccc(Oc3ccnc(N)c3Cl)c(F)c2)c(=O)c(-c2ccc(F)cc2)c1. The first-order valence-corrected chi connectivity index (χ1v) is 10.3. The number of pyridine rings is 2. The Morgan fingerprint density at radius 2 is 1.82 bits per heavy atom. The average molecular weight is 483 g/mol. The predicted molar refractivity (Wildman–Crippen MR) is 125 cm³/mol. The molecule has 1 amide bonds. The van der Waals surface area contributed by atoms with Crippen LogP contribution in [0.5, 0.6) is 11.5 Å². The number of nitrogens with zero attached hydrogens (tertiary/aromatic N) is 2. The fourth-order valence-corrected chi connectivity index (χ4v) is 3.35. The van der Waals surface area contributed by atoms with Crippen molar-refractivity contribution < 1.29 is 18.3 Å². The first-order chi connectivity index (χ1) is 16.2. The smallest absolute Gasteiger partial charge is 0.261 e. The van der Waals surface area contributed by atoms with Crippen LogP contribution in [0, 0.1) is 11.6 Å². The molecule has 3 N–H and O–H groups in total. The average Bonchev–Trinajstić information content (AvgIpc) is 2.80. The predicted octanol–water partition coefficient (Wildman–Crippen LogP) is 5.01. The van der Waals surface area contributed by atoms with E-state index in [2.05, 4.69) is 10.3 Å². The Bertz CT molecular complexity index is 1460. The van der Waals surface area contributed by atoms with E-state index in [9.17, 15) is 18.4 Å². The number of anilines is 2. The van der Waals surface area contributed by atoms with Crippen molar-refractivity contribution in [3.8, 4) is 22.6 Å². The number of nitrogens with one attached hydrogen (secondary N) is 1. The minimum absolute atomic E-state index is 0.0351. The maximum Gasteiger partial charge on any atom is 0.261 e. The van der Waals surface area contributed by atoms with Crippen molar-refractivity contribution in [2.75, 3.05) is 11.1 Å². The lowest BCUT2D eigenvalue weighted by Gasteiger charge is -2.12. The molecule has 0 bridgehead atoms. The highest BCUT2D eigenvalue weighted by atomic mass is 35.5. The van der Waals surface area contributed by atoms with Gasteiger partial charge < -0.3 is 20.4 Å². The summed E-state index contributed by atoms with van der Waals surface area (Å²) in [4.78, 5) is 29.6. The minimum atomic E-state index is -0.780. The molecular formula is C24H17ClF2N4O3. The summed E-state index contributed by atoms with van der Waals surface area (Å²) in [6, 6.07) is 10.5. The van der Waals surface area contributed by atoms with E-state index in [4.69, 9.17) is 22.1 Å². The summed E-state index contributed by atoms with van der Waals surface area (Å²) in [6.07, 6.45) is 4.26. The van der Waals surface area contributed by atoms with E-state index in [1.165, 1.54) is 65.6 Å². The molecule has 0 spiro atoms. The monoisotopic (exact) mass is 482 g/mol. The molecule has 7 nitrogen and oxygen atoms in total. The number of carbonyl (C=O) groups is 1. The van der Waals surface area contributed by atoms with Crippen molar-refractivity contribution in [2.24, 2.45) is 7.05 Å². The van der Waals surface area contributed by atoms with Gasteiger partial charge in [0.1, 0.15) is 22.2 Å². The molecule has 4 rings (SSSR count). The van der Waals surface area contributed by atoms with E-state index >= 15 is 0 Å². The molecule has 0 radical (unpaired) electrons. The van der Waals surface area contributed by atoms with Crippen LogP contribution in [0.2, 0.25) is 5.02 Å². The lowest BCUT2D eigenvalue weighted by atomic mass is 10.0. The molecule has 0 fully saturated rings. The van der Waals surface area contributed by atoms with Gasteiger partial charge in [-0.05, 0) is 29.8 Å². The van der Waals surface area contributed by atoms with Crippen LogP contribution in [0.15, 0.2) is 71.9 Å². The van der Waals surface area contributed by atoms with E-state index < -0.39 is 23.0 Å². The standard InChI is InChI=1S/C24H17ClF2N4O3/c1-31-11-16(13-2-4-14(26)5-3-13)22(32)17(12-31)24(33)30-15-6-7-19(18(27)10-15)34-20-8-9-29-23(28)21(20)25/h2-12H,1H3,(H2,28,29)(H,30,33). The summed E-state index contributed by atoms with van der Waals surface area (Å²) in [6.45, 7) is 0. The number of hydrogen-bond donors (Lipinski definition) is 2. The number of carbonyl (C=O) groups excluding carboxylic acids is 1. The van der Waals surface area contributed by atoms with Gasteiger partial charge in [0.05, 0.1) is 0 Å². The summed E-state index contributed by atoms with van der Waals surface area (Å²) in [5, 5.41) is 2.54. The van der Waals surface area contributed by atoms with Gasteiger partial charge in [-0.2, -0.15) is 0 Å². The van der Waals surface area contributed by atoms with Crippen LogP contribution >= 0.6 is 11.6 Å². The Morgan fingerprint density at radius 1 is 1.09 bits per heavy atom. The number of nitrogen functional groups attached to an aromatic ring is 1. The number of aromatic nitrogens is 2. The van der Waals surface area contributed by atoms with Gasteiger partial charge in [0, 0.05) is 49.0 Å². The topological polar surface area (TPSA) is 99.2 Å². The van der Waals surface area contributed by atoms with E-state index in [1.807, 2.05) is 0 Å². The zero-order chi connectivity index (χ0) is 24.4. The number of nitrogens with two attached hydrogens (primary N) is 1. The van der Waals surface area contributed by atoms with Crippen LogP contribution in [-0.2, 0) is 7.05 Å². The number of halogens is 3. The highest BCUT2D eigenvalue weighted by molar-refractivity contribution is 6.34. The number of benzene rings is 2. The van der Waals surface area contributed by atoms with Gasteiger partial charge >= 0.3 is 0 Å². The molecule has 2 aromatic carbocycles. The van der Waals surface area contributed by atoms with Gasteiger partial charge in [-0.3, -0.25) is 9.59 Å². The maximum absolute atomic E-state index is 14.6. The van der Waals surface area contributed by atoms with Gasteiger partial charge in [0.25, 0.3) is 5.91 Å². The highest BCUT2D eigenvalue weighted by Gasteiger charge is 2.17. The molecule has 0 aliphatic heterocycles. The molecule has 0 saturated heterocycles. The molecule has 4 aromatic rings. The number of rotatable bonds is 5. The first-order valence-electron chi connectivity index (χ1n) is 9.88. The number of hydrogen-bond acceptors (Lipinski definition) is 5. The molecule has 0 aliphatic carbocycles. The summed E-state index contributed by atoms with van der Waals surface area (Å²) in [5.41, 5.74) is 5.68. The van der Waals surface area contributed by atoms with E-state index in [-0.39, 0.29) is 39.2 Å². The molecule has 0 saturated carbocycles. The van der Waals surface area contributed by atoms with Crippen molar-refractivity contribution in [2.45, 2.75) is 0 Å². The van der Waals surface area contributed by atoms with Crippen LogP contribution in [0.4, 0.5) is 20.3 Å². The molecule has 0 atom stereocenters. The van der Waals surface area contributed by atoms with E-state index in [0.29, 0.717) is 5.56 Å². The van der Waals surface area contributed by atoms with Crippen LogP contribution in [0.25, 0.3) is 11.1 Å². The Balaban J connectivity index is 1.58. The zero-order valence-electron chi connectivity index (χ0n) is 17.7. The highest BCUT2D eigenvalue weighted by Crippen LogP contribution is 2.34. The van der Waals surface area contributed by atoms with Crippen LogP contribution < -0.4 is 21.2 Å². The lowest BCUT2D eigenvalue weighted by Crippen LogP contribution is -2.24. The van der Waals surface area contributed by atoms with Crippen molar-refractivity contribution >= 4 is 29.0 Å². The summed E-state index contributed by atoms with van der Waals surface area (Å²) in [7, 11) is 1.64. The maximum atomic E-state index is 14.6. The quantitative estimate of drug-likeness (QED) is 0.417. The van der Waals surface area contributed by atoms with Crippen molar-refractivity contribution in [3.05, 3.63) is 99.6 Å². The molecular weight excluding hydrogens is 466 g/mol. The van der Waals surface area contributed by atoms with Crippen molar-refractivity contribution in [3.63, 3.8) is 0 Å². The summed E-state index contributed by atoms with van der Waals surface area (Å²) in [5.74, 6) is -1.96. The number of ether oxygens (including phenoxy) is 1. The van der Waals surface area contributed by atoms with Crippen molar-refractivity contribution in [1.29, 1.82) is 0 Å². The summed E-state index contributed by atoms with van der Waals surface area (Å²) < 4.78 is 34.9. The number of amides is 1. The van der Waals surface area contributed by atoms with Gasteiger partial charge in [0.15, 0.2) is 17.3 Å². The molecule has 0 aliphatic rings. The van der Waals surface area contributed by atoms with Gasteiger partial charge in [0.2, 0.25) is 5.43 Å². The Hall–Kier alpha value is -4.24. The second-order valence-corrected chi connectivity index (χ2v) is 7.67. The zero-order valence-corrected chi connectivity index (χ0v) is 18.4. The molecule has 2 aromatic heterocycles. The third-order valence-corrected chi connectivity index (χ3v) is 5.22. The Labute approximate surface area is 197 Å². The third kappa shape index (κ3) is 4.74. The van der Waals surface area contributed by atoms with E-state index in [0.717, 1.165) is 6.07 Å². The lowest BCUT2D eigenvalue weighted by molar-refractivity contribution is 0.102. The van der Waals surface area contributed by atoms with Gasteiger partial charge in [-0.1, -0.05) is 23.7 Å². The van der Waals surface area contributed by atoms with Gasteiger partial charge in [-0.25, -0.2) is 13.8 Å². The molecule has 34 heavy (non-hydrogen) atoms. The largest absolute Gasteiger partial charge is 0.453 e. The second kappa shape index (κ2) is 9.32. The first kappa shape index (κ1) is 22.9. The normalized spacial score (nSPS) is 10.7. The fourth-order valence-electron chi connectivity index (χ4n) is 3.20. The van der Waals surface area contributed by atoms with Crippen LogP contribution in [0.1, 0.15) is 10.4 Å². The third-order valence-electron chi connectivity index (χ3n) is 4.84. The van der Waals surface area contributed by atoms with Crippen LogP contribution in [0.3, 0.4) is 0 Å². The Morgan fingerprint density at radius 3 is 2.53 bits per heavy atom. The van der Waals surface area contributed by atoms with Gasteiger partial charge in [-0.15, -0.1) is 0 Å². The fraction of sp³-hybridized carbons (Fsp3) is 0.0417.